The van der Waals surface area contributed by atoms with Gasteiger partial charge in [0.25, 0.3) is 0 Å². The number of aromatic nitrogens is 1. The highest BCUT2D eigenvalue weighted by Crippen LogP contribution is 2.28. The topological polar surface area (TPSA) is 59.4 Å². The molecular weight excluding hydrogens is 194 g/mol. The number of hydrogen-bond acceptors (Lipinski definition) is 3. The van der Waals surface area contributed by atoms with E-state index in [2.05, 4.69) is 4.98 Å². The maximum absolute atomic E-state index is 10.7. The molecule has 1 aromatic heterocycles. The van der Waals surface area contributed by atoms with Crippen molar-refractivity contribution < 1.29 is 14.6 Å². The second-order valence-corrected chi connectivity index (χ2v) is 3.96. The Hall–Kier alpha value is -1.84. The molecule has 1 N–H and O–H groups in total. The van der Waals surface area contributed by atoms with Crippen LogP contribution in [0.2, 0.25) is 0 Å². The van der Waals surface area contributed by atoms with E-state index < -0.39 is 5.97 Å². The number of carbonyl (C=O) groups is 1. The molecule has 0 atom stereocenters. The van der Waals surface area contributed by atoms with E-state index in [1.165, 1.54) is 6.20 Å². The Bertz CT molecular complexity index is 449. The second kappa shape index (κ2) is 3.08. The van der Waals surface area contributed by atoms with Gasteiger partial charge in [-0.3, -0.25) is 0 Å². The SMILES string of the molecule is CC1(C)C=Cc2cc(C(=O)O)cnc2O1. The fraction of sp³-hybridized carbons (Fsp3) is 0.273. The van der Waals surface area contributed by atoms with Crippen LogP contribution in [0.15, 0.2) is 18.3 Å². The lowest BCUT2D eigenvalue weighted by atomic mass is 10.0. The first-order valence-electron chi connectivity index (χ1n) is 4.59. The third-order valence-electron chi connectivity index (χ3n) is 2.15. The van der Waals surface area contributed by atoms with E-state index in [0.29, 0.717) is 11.4 Å². The first-order chi connectivity index (χ1) is 6.98. The fourth-order valence-corrected chi connectivity index (χ4v) is 1.36. The quantitative estimate of drug-likeness (QED) is 0.761. The molecule has 0 bridgehead atoms. The molecule has 1 aliphatic heterocycles. The Morgan fingerprint density at radius 3 is 2.93 bits per heavy atom. The molecule has 1 aliphatic rings. The summed E-state index contributed by atoms with van der Waals surface area (Å²) in [5, 5.41) is 8.78. The summed E-state index contributed by atoms with van der Waals surface area (Å²) in [4.78, 5) is 14.7. The molecule has 2 heterocycles. The second-order valence-electron chi connectivity index (χ2n) is 3.96. The maximum Gasteiger partial charge on any atom is 0.337 e. The van der Waals surface area contributed by atoms with E-state index in [1.807, 2.05) is 26.0 Å². The molecule has 0 radical (unpaired) electrons. The highest BCUT2D eigenvalue weighted by Gasteiger charge is 2.23. The van der Waals surface area contributed by atoms with Crippen LogP contribution in [0.1, 0.15) is 29.8 Å². The number of ether oxygens (including phenoxy) is 1. The molecule has 15 heavy (non-hydrogen) atoms. The molecule has 2 rings (SSSR count). The molecule has 0 amide bonds. The molecule has 0 unspecified atom stereocenters. The fourth-order valence-electron chi connectivity index (χ4n) is 1.36. The van der Waals surface area contributed by atoms with Crippen molar-refractivity contribution in [3.05, 3.63) is 29.5 Å². The van der Waals surface area contributed by atoms with Crippen LogP contribution >= 0.6 is 0 Å². The van der Waals surface area contributed by atoms with Gasteiger partial charge in [0.1, 0.15) is 5.60 Å². The summed E-state index contributed by atoms with van der Waals surface area (Å²) < 4.78 is 5.56. The largest absolute Gasteiger partial charge is 0.478 e. The van der Waals surface area contributed by atoms with Gasteiger partial charge in [-0.25, -0.2) is 9.78 Å². The number of fused-ring (bicyclic) bond motifs is 1. The number of hydrogen-bond donors (Lipinski definition) is 1. The lowest BCUT2D eigenvalue weighted by molar-refractivity contribution is 0.0696. The van der Waals surface area contributed by atoms with Gasteiger partial charge in [-0.2, -0.15) is 0 Å². The number of carboxylic acid groups (broad SMARTS) is 1. The van der Waals surface area contributed by atoms with Gasteiger partial charge in [0.15, 0.2) is 0 Å². The number of rotatable bonds is 1. The van der Waals surface area contributed by atoms with Gasteiger partial charge in [0.2, 0.25) is 5.88 Å². The zero-order valence-corrected chi connectivity index (χ0v) is 8.52. The lowest BCUT2D eigenvalue weighted by Gasteiger charge is -2.26. The van der Waals surface area contributed by atoms with Crippen molar-refractivity contribution in [3.63, 3.8) is 0 Å². The highest BCUT2D eigenvalue weighted by atomic mass is 16.5. The number of nitrogens with zero attached hydrogens (tertiary/aromatic N) is 1. The van der Waals surface area contributed by atoms with Gasteiger partial charge in [-0.1, -0.05) is 0 Å². The van der Waals surface area contributed by atoms with Gasteiger partial charge >= 0.3 is 5.97 Å². The minimum absolute atomic E-state index is 0.168. The van der Waals surface area contributed by atoms with Crippen molar-refractivity contribution in [3.8, 4) is 5.88 Å². The summed E-state index contributed by atoms with van der Waals surface area (Å²) in [5.74, 6) is -0.504. The summed E-state index contributed by atoms with van der Waals surface area (Å²) in [7, 11) is 0. The minimum atomic E-state index is -0.983. The summed E-state index contributed by atoms with van der Waals surface area (Å²) >= 11 is 0. The van der Waals surface area contributed by atoms with E-state index in [4.69, 9.17) is 9.84 Å². The number of pyridine rings is 1. The van der Waals surface area contributed by atoms with Crippen molar-refractivity contribution in [1.82, 2.24) is 4.98 Å². The highest BCUT2D eigenvalue weighted by molar-refractivity contribution is 5.88. The van der Waals surface area contributed by atoms with Crippen LogP contribution in [0.5, 0.6) is 5.88 Å². The Balaban J connectivity index is 2.45. The molecule has 0 fully saturated rings. The monoisotopic (exact) mass is 205 g/mol. The summed E-state index contributed by atoms with van der Waals surface area (Å²) in [5.41, 5.74) is 0.487. The van der Waals surface area contributed by atoms with E-state index in [-0.39, 0.29) is 11.2 Å². The lowest BCUT2D eigenvalue weighted by Crippen LogP contribution is -2.28. The molecular formula is C11H11NO3. The van der Waals surface area contributed by atoms with Crippen LogP contribution in [0.3, 0.4) is 0 Å². The summed E-state index contributed by atoms with van der Waals surface area (Å²) in [6.07, 6.45) is 5.01. The first-order valence-corrected chi connectivity index (χ1v) is 4.59. The molecule has 0 saturated carbocycles. The van der Waals surface area contributed by atoms with Crippen LogP contribution in [0, 0.1) is 0 Å². The predicted octanol–water partition coefficient (Wildman–Crippen LogP) is 1.96. The zero-order chi connectivity index (χ0) is 11.1. The molecule has 0 saturated heterocycles. The average molecular weight is 205 g/mol. The molecule has 1 aromatic rings. The van der Waals surface area contributed by atoms with Gasteiger partial charge in [0, 0.05) is 11.8 Å². The first kappa shape index (κ1) is 9.71. The van der Waals surface area contributed by atoms with Crippen molar-refractivity contribution in [2.24, 2.45) is 0 Å². The Labute approximate surface area is 87.2 Å². The third kappa shape index (κ3) is 1.83. The van der Waals surface area contributed by atoms with Crippen LogP contribution in [0.25, 0.3) is 6.08 Å². The average Bonchev–Trinajstić information content (AvgIpc) is 2.15. The van der Waals surface area contributed by atoms with E-state index >= 15 is 0 Å². The van der Waals surface area contributed by atoms with E-state index in [1.54, 1.807) is 6.07 Å². The van der Waals surface area contributed by atoms with Crippen molar-refractivity contribution in [2.75, 3.05) is 0 Å². The Morgan fingerprint density at radius 1 is 1.53 bits per heavy atom. The van der Waals surface area contributed by atoms with Crippen molar-refractivity contribution in [2.45, 2.75) is 19.4 Å². The molecule has 0 aliphatic carbocycles. The van der Waals surface area contributed by atoms with Crippen LogP contribution in [-0.4, -0.2) is 21.7 Å². The summed E-state index contributed by atoms with van der Waals surface area (Å²) in [6.45, 7) is 3.83. The smallest absolute Gasteiger partial charge is 0.337 e. The standard InChI is InChI=1S/C11H11NO3/c1-11(2)4-3-7-5-8(10(13)14)6-12-9(7)15-11/h3-6H,1-2H3,(H,13,14). The zero-order valence-electron chi connectivity index (χ0n) is 8.52. The predicted molar refractivity (Wildman–Crippen MR) is 54.9 cm³/mol. The molecule has 4 heteroatoms. The van der Waals surface area contributed by atoms with Crippen molar-refractivity contribution >= 4 is 12.0 Å². The normalized spacial score (nSPS) is 16.7. The van der Waals surface area contributed by atoms with Crippen LogP contribution < -0.4 is 4.74 Å². The Kier molecular flexibility index (Phi) is 2.00. The Morgan fingerprint density at radius 2 is 2.27 bits per heavy atom. The maximum atomic E-state index is 10.7. The van der Waals surface area contributed by atoms with Gasteiger partial charge in [-0.15, -0.1) is 0 Å². The van der Waals surface area contributed by atoms with E-state index in [0.717, 1.165) is 0 Å². The van der Waals surface area contributed by atoms with Crippen LogP contribution in [-0.2, 0) is 0 Å². The third-order valence-corrected chi connectivity index (χ3v) is 2.15. The van der Waals surface area contributed by atoms with Crippen molar-refractivity contribution in [1.29, 1.82) is 0 Å². The molecule has 0 spiro atoms. The molecule has 78 valence electrons. The van der Waals surface area contributed by atoms with Gasteiger partial charge in [0.05, 0.1) is 5.56 Å². The number of aromatic carboxylic acids is 1. The van der Waals surface area contributed by atoms with Gasteiger partial charge < -0.3 is 9.84 Å². The minimum Gasteiger partial charge on any atom is -0.478 e. The summed E-state index contributed by atoms with van der Waals surface area (Å²) in [6, 6.07) is 1.55. The molecule has 0 aromatic carbocycles. The number of carboxylic acids is 1. The van der Waals surface area contributed by atoms with E-state index in [9.17, 15) is 4.79 Å². The van der Waals surface area contributed by atoms with Crippen LogP contribution in [0.4, 0.5) is 0 Å². The molecule has 4 nitrogen and oxygen atoms in total. The van der Waals surface area contributed by atoms with Gasteiger partial charge in [-0.05, 0) is 32.1 Å².